The minimum Gasteiger partial charge on any atom is -0.493 e. The van der Waals surface area contributed by atoms with Gasteiger partial charge in [0, 0.05) is 16.7 Å². The first-order chi connectivity index (χ1) is 10.0. The van der Waals surface area contributed by atoms with Crippen molar-refractivity contribution in [2.75, 3.05) is 19.5 Å². The van der Waals surface area contributed by atoms with Crippen LogP contribution in [0.25, 0.3) is 0 Å². The third-order valence-corrected chi connectivity index (χ3v) is 4.30. The number of methoxy groups -OCH3 is 2. The molecule has 0 fully saturated rings. The highest BCUT2D eigenvalue weighted by Gasteiger charge is 2.09. The van der Waals surface area contributed by atoms with Gasteiger partial charge in [0.15, 0.2) is 11.5 Å². The molecule has 0 aromatic heterocycles. The lowest BCUT2D eigenvalue weighted by atomic mass is 10.2. The molecule has 0 radical (unpaired) electrons. The van der Waals surface area contributed by atoms with E-state index >= 15 is 0 Å². The molecule has 0 aliphatic carbocycles. The van der Waals surface area contributed by atoms with E-state index in [9.17, 15) is 4.39 Å². The quantitative estimate of drug-likeness (QED) is 0.742. The number of hydrogen-bond donors (Lipinski definition) is 1. The van der Waals surface area contributed by atoms with Gasteiger partial charge in [-0.25, -0.2) is 4.39 Å². The fourth-order valence-corrected chi connectivity index (χ4v) is 2.68. The second kappa shape index (κ2) is 7.13. The summed E-state index contributed by atoms with van der Waals surface area (Å²) in [4.78, 5) is 0. The highest BCUT2D eigenvalue weighted by Crippen LogP contribution is 2.33. The van der Waals surface area contributed by atoms with Crippen molar-refractivity contribution in [3.05, 3.63) is 50.7 Å². The molecule has 2 rings (SSSR count). The summed E-state index contributed by atoms with van der Waals surface area (Å²) < 4.78 is 25.1. The minimum atomic E-state index is -0.284. The fraction of sp³-hybridized carbons (Fsp3) is 0.200. The molecule has 2 aromatic carbocycles. The largest absolute Gasteiger partial charge is 0.493 e. The number of rotatable bonds is 5. The van der Waals surface area contributed by atoms with Crippen LogP contribution in [0.3, 0.4) is 0 Å². The number of anilines is 1. The Labute approximate surface area is 139 Å². The highest BCUT2D eigenvalue weighted by molar-refractivity contribution is 9.10. The average Bonchev–Trinajstić information content (AvgIpc) is 2.49. The molecule has 6 heteroatoms. The standard InChI is InChI=1S/C15H14Br2FNO2/c1-20-14-5-9(11(16)7-15(14)21-2)8-19-10-3-4-13(18)12(17)6-10/h3-7,19H,8H2,1-2H3. The number of hydrogen-bond acceptors (Lipinski definition) is 3. The van der Waals surface area contributed by atoms with Crippen LogP contribution in [0.5, 0.6) is 11.5 Å². The van der Waals surface area contributed by atoms with Crippen LogP contribution in [0.1, 0.15) is 5.56 Å². The molecule has 0 atom stereocenters. The first-order valence-electron chi connectivity index (χ1n) is 6.14. The summed E-state index contributed by atoms with van der Waals surface area (Å²) in [5, 5.41) is 3.24. The average molecular weight is 419 g/mol. The molecule has 1 N–H and O–H groups in total. The van der Waals surface area contributed by atoms with Crippen LogP contribution in [-0.4, -0.2) is 14.2 Å². The normalized spacial score (nSPS) is 10.3. The molecule has 112 valence electrons. The van der Waals surface area contributed by atoms with Crippen molar-refractivity contribution in [2.24, 2.45) is 0 Å². The third kappa shape index (κ3) is 3.89. The van der Waals surface area contributed by atoms with Gasteiger partial charge in [0.25, 0.3) is 0 Å². The number of benzene rings is 2. The Kier molecular flexibility index (Phi) is 5.47. The smallest absolute Gasteiger partial charge is 0.161 e. The van der Waals surface area contributed by atoms with Crippen molar-refractivity contribution in [3.63, 3.8) is 0 Å². The van der Waals surface area contributed by atoms with E-state index in [1.807, 2.05) is 12.1 Å². The van der Waals surface area contributed by atoms with Crippen LogP contribution in [0.4, 0.5) is 10.1 Å². The van der Waals surface area contributed by atoms with E-state index in [2.05, 4.69) is 37.2 Å². The summed E-state index contributed by atoms with van der Waals surface area (Å²) in [5.41, 5.74) is 1.83. The van der Waals surface area contributed by atoms with E-state index in [1.165, 1.54) is 6.07 Å². The summed E-state index contributed by atoms with van der Waals surface area (Å²) in [6, 6.07) is 8.56. The van der Waals surface area contributed by atoms with Gasteiger partial charge < -0.3 is 14.8 Å². The molecular weight excluding hydrogens is 405 g/mol. The van der Waals surface area contributed by atoms with Gasteiger partial charge in [-0.1, -0.05) is 15.9 Å². The molecule has 0 heterocycles. The Morgan fingerprint density at radius 3 is 2.29 bits per heavy atom. The Morgan fingerprint density at radius 1 is 1.00 bits per heavy atom. The molecule has 0 aliphatic rings. The van der Waals surface area contributed by atoms with Crippen LogP contribution in [0.2, 0.25) is 0 Å². The van der Waals surface area contributed by atoms with Gasteiger partial charge in [-0.3, -0.25) is 0 Å². The van der Waals surface area contributed by atoms with E-state index < -0.39 is 0 Å². The number of halogens is 3. The first-order valence-corrected chi connectivity index (χ1v) is 7.73. The molecule has 0 saturated carbocycles. The van der Waals surface area contributed by atoms with Gasteiger partial charge >= 0.3 is 0 Å². The summed E-state index contributed by atoms with van der Waals surface area (Å²) in [6.07, 6.45) is 0. The number of nitrogens with one attached hydrogen (secondary N) is 1. The van der Waals surface area contributed by atoms with E-state index in [4.69, 9.17) is 9.47 Å². The Hall–Kier alpha value is -1.27. The van der Waals surface area contributed by atoms with Gasteiger partial charge in [0.2, 0.25) is 0 Å². The van der Waals surface area contributed by atoms with Gasteiger partial charge in [-0.05, 0) is 51.8 Å². The summed E-state index contributed by atoms with van der Waals surface area (Å²) >= 11 is 6.67. The highest BCUT2D eigenvalue weighted by atomic mass is 79.9. The second-order valence-electron chi connectivity index (χ2n) is 4.28. The van der Waals surface area contributed by atoms with Gasteiger partial charge in [0.1, 0.15) is 5.82 Å². The maximum atomic E-state index is 13.2. The van der Waals surface area contributed by atoms with Crippen molar-refractivity contribution in [1.82, 2.24) is 0 Å². The van der Waals surface area contributed by atoms with Crippen molar-refractivity contribution >= 4 is 37.5 Å². The summed E-state index contributed by atoms with van der Waals surface area (Å²) in [7, 11) is 3.19. The zero-order chi connectivity index (χ0) is 15.4. The van der Waals surface area contributed by atoms with Crippen molar-refractivity contribution in [1.29, 1.82) is 0 Å². The van der Waals surface area contributed by atoms with Crippen molar-refractivity contribution in [3.8, 4) is 11.5 Å². The molecule has 0 unspecified atom stereocenters. The minimum absolute atomic E-state index is 0.284. The predicted octanol–water partition coefficient (Wildman–Crippen LogP) is 4.98. The topological polar surface area (TPSA) is 30.5 Å². The molecule has 2 aromatic rings. The molecule has 0 aliphatic heterocycles. The van der Waals surface area contributed by atoms with Crippen LogP contribution < -0.4 is 14.8 Å². The first kappa shape index (κ1) is 16.1. The maximum absolute atomic E-state index is 13.2. The maximum Gasteiger partial charge on any atom is 0.161 e. The number of ether oxygens (including phenoxy) is 2. The molecule has 0 spiro atoms. The zero-order valence-corrected chi connectivity index (χ0v) is 14.7. The lowest BCUT2D eigenvalue weighted by Gasteiger charge is -2.13. The van der Waals surface area contributed by atoms with Crippen LogP contribution >= 0.6 is 31.9 Å². The third-order valence-electron chi connectivity index (χ3n) is 2.96. The van der Waals surface area contributed by atoms with Gasteiger partial charge in [-0.15, -0.1) is 0 Å². The molecule has 3 nitrogen and oxygen atoms in total. The monoisotopic (exact) mass is 417 g/mol. The van der Waals surface area contributed by atoms with Gasteiger partial charge in [-0.2, -0.15) is 0 Å². The van der Waals surface area contributed by atoms with Crippen molar-refractivity contribution < 1.29 is 13.9 Å². The molecular formula is C15H14Br2FNO2. The second-order valence-corrected chi connectivity index (χ2v) is 5.99. The lowest BCUT2D eigenvalue weighted by Crippen LogP contribution is -2.02. The van der Waals surface area contributed by atoms with E-state index in [1.54, 1.807) is 26.4 Å². The van der Waals surface area contributed by atoms with Crippen LogP contribution in [0, 0.1) is 5.82 Å². The van der Waals surface area contributed by atoms with Crippen LogP contribution in [-0.2, 0) is 6.54 Å². The molecule has 0 bridgehead atoms. The Balaban J connectivity index is 2.17. The van der Waals surface area contributed by atoms with E-state index in [0.29, 0.717) is 22.5 Å². The Morgan fingerprint density at radius 2 is 1.67 bits per heavy atom. The summed E-state index contributed by atoms with van der Waals surface area (Å²) in [5.74, 6) is 1.04. The molecule has 0 amide bonds. The van der Waals surface area contributed by atoms with E-state index in [-0.39, 0.29) is 5.82 Å². The van der Waals surface area contributed by atoms with Crippen molar-refractivity contribution in [2.45, 2.75) is 6.54 Å². The van der Waals surface area contributed by atoms with Crippen LogP contribution in [0.15, 0.2) is 39.3 Å². The zero-order valence-electron chi connectivity index (χ0n) is 11.5. The van der Waals surface area contributed by atoms with Gasteiger partial charge in [0.05, 0.1) is 18.7 Å². The fourth-order valence-electron chi connectivity index (χ4n) is 1.84. The summed E-state index contributed by atoms with van der Waals surface area (Å²) in [6.45, 7) is 0.568. The molecule has 21 heavy (non-hydrogen) atoms. The lowest BCUT2D eigenvalue weighted by molar-refractivity contribution is 0.354. The van der Waals surface area contributed by atoms with E-state index in [0.717, 1.165) is 15.7 Å². The predicted molar refractivity (Wildman–Crippen MR) is 88.7 cm³/mol. The Bertz CT molecular complexity index is 650. The molecule has 0 saturated heterocycles. The SMILES string of the molecule is COc1cc(Br)c(CNc2ccc(F)c(Br)c2)cc1OC.